The van der Waals surface area contributed by atoms with Crippen LogP contribution in [0.15, 0.2) is 60.7 Å². The lowest BCUT2D eigenvalue weighted by Gasteiger charge is -2.30. The maximum absolute atomic E-state index is 15.9. The number of ether oxygens (including phenoxy) is 1. The summed E-state index contributed by atoms with van der Waals surface area (Å²) in [5.74, 6) is -1.33. The summed E-state index contributed by atoms with van der Waals surface area (Å²) in [7, 11) is 0. The molecule has 3 aromatic carbocycles. The number of aryl methyl sites for hydroxylation is 1. The molecule has 6 rings (SSSR count). The molecule has 5 amide bonds. The van der Waals surface area contributed by atoms with Crippen molar-refractivity contribution in [2.45, 2.75) is 90.3 Å². The molecule has 1 aliphatic carbocycles. The third-order valence-electron chi connectivity index (χ3n) is 10.9. The average molecular weight is 826 g/mol. The van der Waals surface area contributed by atoms with E-state index in [1.165, 1.54) is 11.0 Å². The largest absolute Gasteiger partial charge is 0.465 e. The number of carbonyl (C=O) groups excluding carboxylic acids is 4. The fourth-order valence-electron chi connectivity index (χ4n) is 7.62. The Balaban J connectivity index is 1.11. The van der Waals surface area contributed by atoms with Crippen molar-refractivity contribution in [2.75, 3.05) is 25.0 Å². The number of benzene rings is 3. The van der Waals surface area contributed by atoms with E-state index in [-0.39, 0.29) is 36.1 Å². The molecule has 2 aliphatic rings. The minimum absolute atomic E-state index is 0.00829. The number of piperidine rings is 1. The van der Waals surface area contributed by atoms with Crippen LogP contribution >= 0.6 is 0 Å². The summed E-state index contributed by atoms with van der Waals surface area (Å²) < 4.78 is 21.3. The van der Waals surface area contributed by atoms with Gasteiger partial charge in [-0.2, -0.15) is 5.21 Å². The van der Waals surface area contributed by atoms with E-state index >= 15 is 4.39 Å². The Morgan fingerprint density at radius 1 is 0.933 bits per heavy atom. The molecule has 0 bridgehead atoms. The molecule has 0 spiro atoms. The van der Waals surface area contributed by atoms with Gasteiger partial charge in [0.2, 0.25) is 17.6 Å². The number of alkyl carbamates (subject to hydrolysis) is 1. The maximum Gasteiger partial charge on any atom is 0.407 e. The van der Waals surface area contributed by atoms with Gasteiger partial charge in [-0.15, -0.1) is 10.2 Å². The highest BCUT2D eigenvalue weighted by atomic mass is 19.1. The number of halogens is 1. The lowest BCUT2D eigenvalue weighted by molar-refractivity contribution is -0.130. The number of rotatable bonds is 12. The van der Waals surface area contributed by atoms with E-state index in [4.69, 9.17) is 4.74 Å². The fraction of sp³-hybridized carbons (Fsp3) is 0.442. The lowest BCUT2D eigenvalue weighted by atomic mass is 9.81. The molecular weight excluding hydrogens is 774 g/mol. The zero-order chi connectivity index (χ0) is 43.0. The Morgan fingerprint density at radius 3 is 2.25 bits per heavy atom. The van der Waals surface area contributed by atoms with Gasteiger partial charge in [0, 0.05) is 60.4 Å². The number of nitrogens with one attached hydrogen (secondary N) is 5. The van der Waals surface area contributed by atoms with Crippen LogP contribution in [-0.4, -0.2) is 97.9 Å². The number of aromatic nitrogens is 4. The van der Waals surface area contributed by atoms with E-state index in [1.54, 1.807) is 82.3 Å². The number of aromatic amines is 1. The maximum atomic E-state index is 15.9. The van der Waals surface area contributed by atoms with Gasteiger partial charge in [0.15, 0.2) is 0 Å². The zero-order valence-corrected chi connectivity index (χ0v) is 34.2. The SMILES string of the molecule is Cc1cc(C(=O)NC2CCN(C(=O)O)CC2)ccc1-c1ccc(C[C@H](NC(=O)C2CCC(CNC(=O)OC(C)(C)C)CC2)C(=O)Nc2ccc(-c3nn[nH]n3)cc2)cc1F. The summed E-state index contributed by atoms with van der Waals surface area (Å²) >= 11 is 0. The minimum Gasteiger partial charge on any atom is -0.465 e. The molecule has 1 saturated carbocycles. The van der Waals surface area contributed by atoms with Gasteiger partial charge in [-0.05, 0) is 137 Å². The summed E-state index contributed by atoms with van der Waals surface area (Å²) in [4.78, 5) is 65.3. The first-order chi connectivity index (χ1) is 28.6. The predicted octanol–water partition coefficient (Wildman–Crippen LogP) is 5.85. The van der Waals surface area contributed by atoms with Crippen LogP contribution in [0.2, 0.25) is 0 Å². The third-order valence-corrected chi connectivity index (χ3v) is 10.9. The molecule has 2 heterocycles. The summed E-state index contributed by atoms with van der Waals surface area (Å²) in [6.45, 7) is 8.33. The van der Waals surface area contributed by atoms with Crippen LogP contribution in [0.1, 0.15) is 80.8 Å². The first-order valence-electron chi connectivity index (χ1n) is 20.2. The second kappa shape index (κ2) is 19.1. The molecule has 4 aromatic rings. The van der Waals surface area contributed by atoms with Gasteiger partial charge in [-0.25, -0.2) is 14.0 Å². The predicted molar refractivity (Wildman–Crippen MR) is 220 cm³/mol. The molecule has 1 aromatic heterocycles. The molecular formula is C43H52FN9O7. The van der Waals surface area contributed by atoms with Gasteiger partial charge in [-0.1, -0.05) is 18.2 Å². The molecule has 6 N–H and O–H groups in total. The molecule has 2 fully saturated rings. The Bertz CT molecular complexity index is 2160. The van der Waals surface area contributed by atoms with Crippen molar-refractivity contribution in [3.05, 3.63) is 83.2 Å². The van der Waals surface area contributed by atoms with Crippen LogP contribution in [0.25, 0.3) is 22.5 Å². The van der Waals surface area contributed by atoms with Crippen LogP contribution in [0.4, 0.5) is 19.7 Å². The number of likely N-dealkylation sites (tertiary alicyclic amines) is 1. The molecule has 17 heteroatoms. The highest BCUT2D eigenvalue weighted by Gasteiger charge is 2.31. The number of amides is 5. The average Bonchev–Trinajstić information content (AvgIpc) is 3.75. The van der Waals surface area contributed by atoms with E-state index in [9.17, 15) is 29.1 Å². The molecule has 1 atom stereocenters. The van der Waals surface area contributed by atoms with E-state index in [2.05, 4.69) is 41.9 Å². The van der Waals surface area contributed by atoms with E-state index in [0.717, 1.165) is 0 Å². The normalized spacial score (nSPS) is 17.6. The van der Waals surface area contributed by atoms with Gasteiger partial charge in [0.25, 0.3) is 5.91 Å². The highest BCUT2D eigenvalue weighted by Crippen LogP contribution is 2.30. The molecule has 16 nitrogen and oxygen atoms in total. The van der Waals surface area contributed by atoms with Crippen molar-refractivity contribution in [3.8, 4) is 22.5 Å². The topological polar surface area (TPSA) is 221 Å². The monoisotopic (exact) mass is 825 g/mol. The third kappa shape index (κ3) is 11.6. The van der Waals surface area contributed by atoms with Crippen LogP contribution in [-0.2, 0) is 20.7 Å². The van der Waals surface area contributed by atoms with E-state index in [0.29, 0.717) is 103 Å². The number of carboxylic acid groups (broad SMARTS) is 1. The van der Waals surface area contributed by atoms with E-state index in [1.807, 2.05) is 0 Å². The molecule has 60 heavy (non-hydrogen) atoms. The molecule has 0 radical (unpaired) electrons. The zero-order valence-electron chi connectivity index (χ0n) is 34.2. The first-order valence-corrected chi connectivity index (χ1v) is 20.2. The summed E-state index contributed by atoms with van der Waals surface area (Å²) in [5.41, 5.74) is 3.04. The van der Waals surface area contributed by atoms with Crippen molar-refractivity contribution < 1.29 is 38.2 Å². The van der Waals surface area contributed by atoms with Crippen LogP contribution in [0.3, 0.4) is 0 Å². The Kier molecular flexibility index (Phi) is 13.8. The molecule has 1 saturated heterocycles. The molecule has 318 valence electrons. The molecule has 1 aliphatic heterocycles. The van der Waals surface area contributed by atoms with Gasteiger partial charge in [0.1, 0.15) is 17.5 Å². The second-order valence-corrected chi connectivity index (χ2v) is 16.5. The van der Waals surface area contributed by atoms with Crippen molar-refractivity contribution in [3.63, 3.8) is 0 Å². The van der Waals surface area contributed by atoms with Crippen molar-refractivity contribution in [1.29, 1.82) is 0 Å². The van der Waals surface area contributed by atoms with Crippen LogP contribution < -0.4 is 21.3 Å². The van der Waals surface area contributed by atoms with Crippen molar-refractivity contribution in [2.24, 2.45) is 11.8 Å². The Labute approximate surface area is 347 Å². The van der Waals surface area contributed by atoms with Gasteiger partial charge < -0.3 is 36.0 Å². The van der Waals surface area contributed by atoms with Crippen LogP contribution in [0, 0.1) is 24.6 Å². The van der Waals surface area contributed by atoms with Gasteiger partial charge in [0.05, 0.1) is 0 Å². The summed E-state index contributed by atoms with van der Waals surface area (Å²) in [6.07, 6.45) is 2.18. The number of carbonyl (C=O) groups is 5. The van der Waals surface area contributed by atoms with Crippen molar-refractivity contribution in [1.82, 2.24) is 41.5 Å². The van der Waals surface area contributed by atoms with Crippen molar-refractivity contribution >= 4 is 35.6 Å². The van der Waals surface area contributed by atoms with Gasteiger partial charge in [-0.3, -0.25) is 14.4 Å². The fourth-order valence-corrected chi connectivity index (χ4v) is 7.62. The summed E-state index contributed by atoms with van der Waals surface area (Å²) in [5, 5.41) is 34.7. The second-order valence-electron chi connectivity index (χ2n) is 16.5. The lowest BCUT2D eigenvalue weighted by Crippen LogP contribution is -2.48. The number of hydrogen-bond donors (Lipinski definition) is 6. The smallest absolute Gasteiger partial charge is 0.407 e. The number of nitrogens with zero attached hydrogens (tertiary/aromatic N) is 4. The Hall–Kier alpha value is -6.39. The summed E-state index contributed by atoms with van der Waals surface area (Å²) in [6, 6.07) is 15.4. The minimum atomic E-state index is -1.04. The highest BCUT2D eigenvalue weighted by molar-refractivity contribution is 5.98. The Morgan fingerprint density at radius 2 is 1.63 bits per heavy atom. The molecule has 0 unspecified atom stereocenters. The number of tetrazole rings is 1. The number of anilines is 1. The van der Waals surface area contributed by atoms with Crippen LogP contribution in [0.5, 0.6) is 0 Å². The standard InChI is InChI=1S/C43H52FN9O7/c1-25-21-30(39(55)46-32-17-19-53(20-18-32)42(58)59)12-16-33(25)34-15-7-27(22-35(34)44)23-36(40(56)47-31-13-10-28(11-14-31)37-49-51-52-50-37)48-38(54)29-8-5-26(6-9-29)24-45-41(57)60-43(2,3)4/h7,10-16,21-22,26,29,32,36H,5-6,8-9,17-20,23-24H2,1-4H3,(H,45,57)(H,46,55)(H,47,56)(H,48,54)(H,58,59)(H,49,50,51,52)/t26?,29?,36-/m0/s1. The first kappa shape index (κ1) is 43.2. The quantitative estimate of drug-likeness (QED) is 0.100. The number of H-pyrrole nitrogens is 1. The van der Waals surface area contributed by atoms with Gasteiger partial charge >= 0.3 is 12.2 Å². The number of hydrogen-bond acceptors (Lipinski definition) is 9. The van der Waals surface area contributed by atoms with E-state index < -0.39 is 35.6 Å².